The molecular weight excluding hydrogens is 315 g/mol. The molecule has 3 saturated heterocycles. The molecule has 1 aromatic heterocycles. The second kappa shape index (κ2) is 5.57. The molecule has 0 saturated carbocycles. The molecule has 0 bridgehead atoms. The van der Waals surface area contributed by atoms with E-state index in [0.29, 0.717) is 25.6 Å². The van der Waals surface area contributed by atoms with Gasteiger partial charge in [-0.3, -0.25) is 4.79 Å². The van der Waals surface area contributed by atoms with E-state index < -0.39 is 11.9 Å². The number of nitrogens with one attached hydrogen (secondary N) is 2. The van der Waals surface area contributed by atoms with E-state index in [1.165, 1.54) is 12.4 Å². The van der Waals surface area contributed by atoms with Gasteiger partial charge in [-0.1, -0.05) is 0 Å². The summed E-state index contributed by atoms with van der Waals surface area (Å²) in [5.41, 5.74) is 0.0312. The van der Waals surface area contributed by atoms with Gasteiger partial charge in [-0.25, -0.2) is 19.2 Å². The first-order chi connectivity index (χ1) is 11.5. The molecule has 128 valence electrons. The molecule has 0 radical (unpaired) electrons. The number of rotatable bonds is 2. The molecule has 3 fully saturated rings. The predicted molar refractivity (Wildman–Crippen MR) is 82.8 cm³/mol. The van der Waals surface area contributed by atoms with E-state index in [1.807, 2.05) is 9.80 Å². The molecule has 8 nitrogen and oxygen atoms in total. The maximum Gasteiger partial charge on any atom is 0.315 e. The molecule has 3 amide bonds. The summed E-state index contributed by atoms with van der Waals surface area (Å²) in [6.45, 7) is 3.28. The molecule has 4 rings (SSSR count). The van der Waals surface area contributed by atoms with Gasteiger partial charge in [-0.2, -0.15) is 0 Å². The Kier molecular flexibility index (Phi) is 3.50. The number of nitrogens with zero attached hydrogens (tertiary/aromatic N) is 4. The number of aromatic nitrogens is 2. The van der Waals surface area contributed by atoms with E-state index in [1.54, 1.807) is 0 Å². The zero-order chi connectivity index (χ0) is 16.7. The van der Waals surface area contributed by atoms with Crippen LogP contribution in [0.25, 0.3) is 0 Å². The molecule has 3 aliphatic rings. The lowest BCUT2D eigenvalue weighted by atomic mass is 9.86. The first-order valence-electron chi connectivity index (χ1n) is 8.10. The average Bonchev–Trinajstić information content (AvgIpc) is 3.29. The molecule has 4 heterocycles. The number of urea groups is 1. The lowest BCUT2D eigenvalue weighted by Crippen LogP contribution is -2.45. The van der Waals surface area contributed by atoms with Crippen LogP contribution >= 0.6 is 0 Å². The molecular formula is C15H19FN6O2. The highest BCUT2D eigenvalue weighted by Gasteiger charge is 2.46. The molecule has 1 unspecified atom stereocenters. The zero-order valence-electron chi connectivity index (χ0n) is 13.2. The van der Waals surface area contributed by atoms with Gasteiger partial charge in [-0.15, -0.1) is 0 Å². The van der Waals surface area contributed by atoms with Crippen molar-refractivity contribution >= 4 is 17.9 Å². The van der Waals surface area contributed by atoms with Crippen LogP contribution < -0.4 is 15.5 Å². The van der Waals surface area contributed by atoms with Gasteiger partial charge in [0.25, 0.3) is 0 Å². The predicted octanol–water partition coefficient (Wildman–Crippen LogP) is -0.274. The summed E-state index contributed by atoms with van der Waals surface area (Å²) >= 11 is 0. The summed E-state index contributed by atoms with van der Waals surface area (Å²) in [6.07, 6.45) is 4.22. The summed E-state index contributed by atoms with van der Waals surface area (Å²) in [5.74, 6) is 0.0598. The van der Waals surface area contributed by atoms with E-state index in [-0.39, 0.29) is 17.4 Å². The van der Waals surface area contributed by atoms with Crippen LogP contribution in [-0.2, 0) is 4.79 Å². The molecule has 0 aliphatic carbocycles. The molecule has 24 heavy (non-hydrogen) atoms. The molecule has 3 aliphatic heterocycles. The highest BCUT2D eigenvalue weighted by molar-refractivity contribution is 5.90. The Hall–Kier alpha value is -2.45. The maximum atomic E-state index is 13.0. The number of carbonyl (C=O) groups is 2. The van der Waals surface area contributed by atoms with Crippen molar-refractivity contribution in [3.05, 3.63) is 18.2 Å². The van der Waals surface area contributed by atoms with Crippen LogP contribution in [0.4, 0.5) is 15.1 Å². The molecule has 1 spiro atoms. The smallest absolute Gasteiger partial charge is 0.315 e. The zero-order valence-corrected chi connectivity index (χ0v) is 13.2. The summed E-state index contributed by atoms with van der Waals surface area (Å²) < 4.78 is 13.0. The maximum absolute atomic E-state index is 13.0. The first-order valence-corrected chi connectivity index (χ1v) is 8.10. The third kappa shape index (κ3) is 2.63. The van der Waals surface area contributed by atoms with Crippen molar-refractivity contribution in [1.82, 2.24) is 25.5 Å². The van der Waals surface area contributed by atoms with Crippen molar-refractivity contribution in [2.24, 2.45) is 5.41 Å². The minimum Gasteiger partial charge on any atom is -0.340 e. The van der Waals surface area contributed by atoms with Crippen LogP contribution in [-0.4, -0.2) is 65.6 Å². The Morgan fingerprint density at radius 1 is 1.25 bits per heavy atom. The Labute approximate surface area is 138 Å². The third-order valence-corrected chi connectivity index (χ3v) is 5.15. The molecule has 0 aromatic carbocycles. The standard InChI is InChI=1S/C15H19FN6O2/c16-10-5-17-13(18-6-10)22-4-2-15(9-22)1-3-21(8-15)12(23)11-7-19-14(24)20-11/h5-6,11H,1-4,7-9H2,(H2,19,20,24)/t11-,15?/m1/s1. The van der Waals surface area contributed by atoms with Crippen LogP contribution in [0.15, 0.2) is 12.4 Å². The van der Waals surface area contributed by atoms with E-state index in [2.05, 4.69) is 20.6 Å². The van der Waals surface area contributed by atoms with Gasteiger partial charge >= 0.3 is 6.03 Å². The van der Waals surface area contributed by atoms with Crippen molar-refractivity contribution in [3.63, 3.8) is 0 Å². The summed E-state index contributed by atoms with van der Waals surface area (Å²) in [4.78, 5) is 35.7. The summed E-state index contributed by atoms with van der Waals surface area (Å²) in [6, 6.07) is -0.756. The molecule has 2 atom stereocenters. The van der Waals surface area contributed by atoms with Gasteiger partial charge in [0.05, 0.1) is 12.4 Å². The van der Waals surface area contributed by atoms with Crippen LogP contribution in [0, 0.1) is 11.2 Å². The fourth-order valence-electron chi connectivity index (χ4n) is 3.86. The number of amides is 3. The normalized spacial score (nSPS) is 29.2. The highest BCUT2D eigenvalue weighted by atomic mass is 19.1. The lowest BCUT2D eigenvalue weighted by molar-refractivity contribution is -0.132. The average molecular weight is 334 g/mol. The Morgan fingerprint density at radius 3 is 2.71 bits per heavy atom. The molecule has 9 heteroatoms. The highest BCUT2D eigenvalue weighted by Crippen LogP contribution is 2.40. The number of anilines is 1. The number of carbonyl (C=O) groups excluding carboxylic acids is 2. The second-order valence-corrected chi connectivity index (χ2v) is 6.79. The van der Waals surface area contributed by atoms with E-state index >= 15 is 0 Å². The van der Waals surface area contributed by atoms with Gasteiger partial charge in [0.2, 0.25) is 11.9 Å². The fraction of sp³-hybridized carbons (Fsp3) is 0.600. The molecule has 2 N–H and O–H groups in total. The van der Waals surface area contributed by atoms with Crippen molar-refractivity contribution in [1.29, 1.82) is 0 Å². The fourth-order valence-corrected chi connectivity index (χ4v) is 3.86. The topological polar surface area (TPSA) is 90.5 Å². The van der Waals surface area contributed by atoms with Crippen molar-refractivity contribution in [3.8, 4) is 0 Å². The Morgan fingerprint density at radius 2 is 2.00 bits per heavy atom. The second-order valence-electron chi connectivity index (χ2n) is 6.79. The van der Waals surface area contributed by atoms with Crippen LogP contribution in [0.1, 0.15) is 12.8 Å². The van der Waals surface area contributed by atoms with Gasteiger partial charge in [0, 0.05) is 38.1 Å². The monoisotopic (exact) mass is 334 g/mol. The van der Waals surface area contributed by atoms with Crippen LogP contribution in [0.2, 0.25) is 0 Å². The van der Waals surface area contributed by atoms with Gasteiger partial charge in [0.1, 0.15) is 6.04 Å². The lowest BCUT2D eigenvalue weighted by Gasteiger charge is -2.25. The van der Waals surface area contributed by atoms with Gasteiger partial charge in [-0.05, 0) is 12.8 Å². The Balaban J connectivity index is 1.40. The molecule has 1 aromatic rings. The number of hydrogen-bond donors (Lipinski definition) is 2. The van der Waals surface area contributed by atoms with Crippen molar-refractivity contribution in [2.45, 2.75) is 18.9 Å². The third-order valence-electron chi connectivity index (χ3n) is 5.15. The summed E-state index contributed by atoms with van der Waals surface area (Å²) in [7, 11) is 0. The summed E-state index contributed by atoms with van der Waals surface area (Å²) in [5, 5.41) is 5.26. The van der Waals surface area contributed by atoms with Gasteiger partial charge in [0.15, 0.2) is 5.82 Å². The first kappa shape index (κ1) is 15.1. The van der Waals surface area contributed by atoms with Crippen molar-refractivity contribution in [2.75, 3.05) is 37.6 Å². The van der Waals surface area contributed by atoms with Crippen molar-refractivity contribution < 1.29 is 14.0 Å². The number of halogens is 1. The number of likely N-dealkylation sites (tertiary alicyclic amines) is 1. The van der Waals surface area contributed by atoms with Crippen LogP contribution in [0.5, 0.6) is 0 Å². The minimum atomic E-state index is -0.467. The number of hydrogen-bond acceptors (Lipinski definition) is 5. The Bertz CT molecular complexity index is 668. The van der Waals surface area contributed by atoms with Crippen LogP contribution in [0.3, 0.4) is 0 Å². The largest absolute Gasteiger partial charge is 0.340 e. The SMILES string of the molecule is O=C1NC[C@H](C(=O)N2CCC3(CCN(c4ncc(F)cn4)C3)C2)N1. The van der Waals surface area contributed by atoms with E-state index in [4.69, 9.17) is 0 Å². The quantitative estimate of drug-likeness (QED) is 0.777. The minimum absolute atomic E-state index is 0.0262. The van der Waals surface area contributed by atoms with Gasteiger partial charge < -0.3 is 20.4 Å². The van der Waals surface area contributed by atoms with E-state index in [0.717, 1.165) is 25.9 Å². The van der Waals surface area contributed by atoms with E-state index in [9.17, 15) is 14.0 Å².